The van der Waals surface area contributed by atoms with Gasteiger partial charge in [-0.3, -0.25) is 0 Å². The summed E-state index contributed by atoms with van der Waals surface area (Å²) in [7, 11) is 0. The number of aliphatic carboxylic acids is 1. The number of carboxylic acid groups (broad SMARTS) is 1. The summed E-state index contributed by atoms with van der Waals surface area (Å²) in [6.45, 7) is 5.12. The van der Waals surface area contributed by atoms with Gasteiger partial charge < -0.3 is 20.3 Å². The topological polar surface area (TPSA) is 95.9 Å². The van der Waals surface area contributed by atoms with Crippen LogP contribution in [0.15, 0.2) is 24.3 Å². The largest absolute Gasteiger partial charge is 0.480 e. The summed E-state index contributed by atoms with van der Waals surface area (Å²) in [6.07, 6.45) is 1.82. The maximum absolute atomic E-state index is 11.4. The molecule has 1 aliphatic carbocycles. The Kier molecular flexibility index (Phi) is 7.71. The minimum Gasteiger partial charge on any atom is -0.480 e. The lowest BCUT2D eigenvalue weighted by Crippen LogP contribution is -2.43. The van der Waals surface area contributed by atoms with Crippen molar-refractivity contribution in [2.75, 3.05) is 6.61 Å². The summed E-state index contributed by atoms with van der Waals surface area (Å²) in [5.41, 5.74) is 2.41. The Bertz CT molecular complexity index is 530. The summed E-state index contributed by atoms with van der Waals surface area (Å²) in [5, 5.41) is 19.8. The standard InChI is InChI=1S/C11H21NO5.C7H6/c1-11(2,3)17-10(16)12-8(9(14)15)6-4-5-7-13;1-2-4-7-5-6(7)3-1/h8,13H,4-7H2,1-3H3,(H,12,16)(H,14,15);1-4H,5H2. The normalized spacial score (nSPS) is 13.0. The SMILES string of the molecule is CC(C)(C)OC(=O)NC(CCCCO)C(=O)O.c1ccc2c(c1)C2. The number of aliphatic hydroxyl groups excluding tert-OH is 1. The number of nitrogens with one attached hydrogen (secondary N) is 1. The van der Waals surface area contributed by atoms with E-state index in [9.17, 15) is 9.59 Å². The lowest BCUT2D eigenvalue weighted by atomic mass is 10.1. The van der Waals surface area contributed by atoms with Crippen LogP contribution < -0.4 is 5.32 Å². The number of unbranched alkanes of at least 4 members (excludes halogenated alkanes) is 1. The molecule has 3 N–H and O–H groups in total. The molecule has 0 aliphatic heterocycles. The number of hydrogen-bond acceptors (Lipinski definition) is 4. The molecule has 0 bridgehead atoms. The molecule has 0 heterocycles. The van der Waals surface area contributed by atoms with Crippen molar-refractivity contribution < 1.29 is 24.5 Å². The monoisotopic (exact) mass is 337 g/mol. The number of carboxylic acids is 1. The van der Waals surface area contributed by atoms with Crippen molar-refractivity contribution in [3.8, 4) is 0 Å². The van der Waals surface area contributed by atoms with Gasteiger partial charge in [-0.2, -0.15) is 0 Å². The molecule has 1 aromatic rings. The van der Waals surface area contributed by atoms with Crippen LogP contribution >= 0.6 is 0 Å². The molecule has 0 fully saturated rings. The molecular formula is C18H27NO5. The fraction of sp³-hybridized carbons (Fsp3) is 0.556. The zero-order valence-corrected chi connectivity index (χ0v) is 14.5. The number of rotatable bonds is 6. The molecular weight excluding hydrogens is 310 g/mol. The predicted octanol–water partition coefficient (Wildman–Crippen LogP) is 2.72. The van der Waals surface area contributed by atoms with Crippen LogP contribution in [0.3, 0.4) is 0 Å². The van der Waals surface area contributed by atoms with Crippen molar-refractivity contribution in [3.63, 3.8) is 0 Å². The number of carbonyl (C=O) groups excluding carboxylic acids is 1. The summed E-state index contributed by atoms with van der Waals surface area (Å²) >= 11 is 0. The van der Waals surface area contributed by atoms with E-state index in [1.54, 1.807) is 20.8 Å². The highest BCUT2D eigenvalue weighted by Crippen LogP contribution is 2.25. The Labute approximate surface area is 142 Å². The lowest BCUT2D eigenvalue weighted by Gasteiger charge is -2.21. The molecule has 0 radical (unpaired) electrons. The highest BCUT2D eigenvalue weighted by molar-refractivity contribution is 5.79. The van der Waals surface area contributed by atoms with Crippen molar-refractivity contribution in [1.82, 2.24) is 5.32 Å². The first-order valence-corrected chi connectivity index (χ1v) is 8.13. The summed E-state index contributed by atoms with van der Waals surface area (Å²) in [4.78, 5) is 22.2. The zero-order valence-electron chi connectivity index (χ0n) is 14.5. The smallest absolute Gasteiger partial charge is 0.408 e. The molecule has 1 amide bonds. The Hall–Kier alpha value is -2.08. The van der Waals surface area contributed by atoms with Gasteiger partial charge in [0.2, 0.25) is 0 Å². The van der Waals surface area contributed by atoms with Gasteiger partial charge in [-0.1, -0.05) is 24.3 Å². The van der Waals surface area contributed by atoms with Gasteiger partial charge in [0, 0.05) is 6.61 Å². The van der Waals surface area contributed by atoms with Gasteiger partial charge in [0.15, 0.2) is 0 Å². The maximum Gasteiger partial charge on any atom is 0.408 e. The number of carbonyl (C=O) groups is 2. The number of amides is 1. The Morgan fingerprint density at radius 2 is 1.79 bits per heavy atom. The van der Waals surface area contributed by atoms with Crippen LogP contribution in [0, 0.1) is 0 Å². The number of benzene rings is 1. The third-order valence-electron chi connectivity index (χ3n) is 3.26. The Balaban J connectivity index is 0.000000331. The van der Waals surface area contributed by atoms with E-state index in [1.165, 1.54) is 17.5 Å². The second-order valence-corrected chi connectivity index (χ2v) is 6.70. The van der Waals surface area contributed by atoms with E-state index in [4.69, 9.17) is 14.9 Å². The number of hydrogen-bond donors (Lipinski definition) is 3. The summed E-state index contributed by atoms with van der Waals surface area (Å²) < 4.78 is 4.96. The molecule has 24 heavy (non-hydrogen) atoms. The molecule has 1 unspecified atom stereocenters. The average Bonchev–Trinajstić information content (AvgIpc) is 3.24. The van der Waals surface area contributed by atoms with E-state index in [0.717, 1.165) is 0 Å². The first-order valence-electron chi connectivity index (χ1n) is 8.13. The van der Waals surface area contributed by atoms with Gasteiger partial charge >= 0.3 is 12.1 Å². The quantitative estimate of drug-likeness (QED) is 0.704. The van der Waals surface area contributed by atoms with Gasteiger partial charge in [-0.15, -0.1) is 0 Å². The molecule has 0 saturated carbocycles. The number of alkyl carbamates (subject to hydrolysis) is 1. The minimum atomic E-state index is -1.10. The lowest BCUT2D eigenvalue weighted by molar-refractivity contribution is -0.139. The Morgan fingerprint density at radius 3 is 2.21 bits per heavy atom. The van der Waals surface area contributed by atoms with E-state index in [0.29, 0.717) is 12.8 Å². The van der Waals surface area contributed by atoms with Crippen LogP contribution in [0.2, 0.25) is 0 Å². The first kappa shape index (κ1) is 20.0. The minimum absolute atomic E-state index is 0.0127. The van der Waals surface area contributed by atoms with Gasteiger partial charge in [0.1, 0.15) is 11.6 Å². The van der Waals surface area contributed by atoms with Crippen molar-refractivity contribution in [1.29, 1.82) is 0 Å². The fourth-order valence-corrected chi connectivity index (χ4v) is 2.00. The second kappa shape index (κ2) is 9.27. The van der Waals surface area contributed by atoms with E-state index >= 15 is 0 Å². The van der Waals surface area contributed by atoms with Crippen LogP contribution in [0.1, 0.15) is 51.2 Å². The number of ether oxygens (including phenoxy) is 1. The average molecular weight is 337 g/mol. The molecule has 0 spiro atoms. The van der Waals surface area contributed by atoms with Gasteiger partial charge in [0.25, 0.3) is 0 Å². The predicted molar refractivity (Wildman–Crippen MR) is 91.0 cm³/mol. The third-order valence-corrected chi connectivity index (χ3v) is 3.26. The van der Waals surface area contributed by atoms with Crippen molar-refractivity contribution >= 4 is 12.1 Å². The van der Waals surface area contributed by atoms with Gasteiger partial charge in [-0.25, -0.2) is 9.59 Å². The highest BCUT2D eigenvalue weighted by Gasteiger charge is 2.23. The highest BCUT2D eigenvalue weighted by atomic mass is 16.6. The molecule has 0 saturated heterocycles. The number of aliphatic hydroxyl groups is 1. The molecule has 134 valence electrons. The van der Waals surface area contributed by atoms with E-state index in [-0.39, 0.29) is 13.0 Å². The fourth-order valence-electron chi connectivity index (χ4n) is 2.00. The van der Waals surface area contributed by atoms with Crippen molar-refractivity contribution in [2.45, 2.75) is 58.1 Å². The maximum atomic E-state index is 11.4. The van der Waals surface area contributed by atoms with Crippen LogP contribution in [0.4, 0.5) is 4.79 Å². The molecule has 6 heteroatoms. The van der Waals surface area contributed by atoms with Crippen molar-refractivity contribution in [2.24, 2.45) is 0 Å². The zero-order chi connectivity index (χ0) is 18.2. The molecule has 1 aromatic carbocycles. The van der Waals surface area contributed by atoms with Crippen LogP contribution in [-0.4, -0.2) is 40.5 Å². The summed E-state index contributed by atoms with van der Waals surface area (Å²) in [5.74, 6) is -1.10. The second-order valence-electron chi connectivity index (χ2n) is 6.70. The number of fused-ring (bicyclic) bond motifs is 1. The summed E-state index contributed by atoms with van der Waals surface area (Å²) in [6, 6.07) is 7.55. The molecule has 1 atom stereocenters. The van der Waals surface area contributed by atoms with Crippen LogP contribution in [0.5, 0.6) is 0 Å². The molecule has 6 nitrogen and oxygen atoms in total. The first-order chi connectivity index (χ1) is 11.2. The van der Waals surface area contributed by atoms with Crippen molar-refractivity contribution in [3.05, 3.63) is 35.4 Å². The Morgan fingerprint density at radius 1 is 1.21 bits per heavy atom. The van der Waals surface area contributed by atoms with Crippen LogP contribution in [-0.2, 0) is 16.0 Å². The molecule has 0 aromatic heterocycles. The van der Waals surface area contributed by atoms with Crippen LogP contribution in [0.25, 0.3) is 0 Å². The van der Waals surface area contributed by atoms with E-state index in [2.05, 4.69) is 29.6 Å². The van der Waals surface area contributed by atoms with E-state index in [1.807, 2.05) is 0 Å². The van der Waals surface area contributed by atoms with E-state index < -0.39 is 23.7 Å². The van der Waals surface area contributed by atoms with Gasteiger partial charge in [-0.05, 0) is 57.6 Å². The third kappa shape index (κ3) is 8.53. The molecule has 2 rings (SSSR count). The van der Waals surface area contributed by atoms with Gasteiger partial charge in [0.05, 0.1) is 0 Å². The molecule has 1 aliphatic rings.